The molecule has 0 saturated carbocycles. The van der Waals surface area contributed by atoms with Crippen LogP contribution >= 0.6 is 35.3 Å². The minimum atomic E-state index is 0. The Bertz CT molecular complexity index is 698. The number of amides is 1. The number of nitrogens with zero attached hydrogens (tertiary/aromatic N) is 1. The van der Waals surface area contributed by atoms with Crippen molar-refractivity contribution >= 4 is 41.3 Å². The summed E-state index contributed by atoms with van der Waals surface area (Å²) in [5.74, 6) is 0.614. The molecule has 1 aromatic heterocycles. The molecule has 130 valence electrons. The van der Waals surface area contributed by atoms with Crippen molar-refractivity contribution in [2.45, 2.75) is 20.4 Å². The van der Waals surface area contributed by atoms with E-state index >= 15 is 0 Å². The van der Waals surface area contributed by atoms with Gasteiger partial charge in [-0.15, -0.1) is 23.7 Å². The lowest BCUT2D eigenvalue weighted by atomic mass is 9.88. The lowest BCUT2D eigenvalue weighted by Crippen LogP contribution is -2.49. The highest BCUT2D eigenvalue weighted by Crippen LogP contribution is 2.28. The summed E-state index contributed by atoms with van der Waals surface area (Å²) < 4.78 is 0. The van der Waals surface area contributed by atoms with Crippen molar-refractivity contribution in [3.8, 4) is 11.3 Å². The molecule has 1 aliphatic rings. The second-order valence-electron chi connectivity index (χ2n) is 5.94. The van der Waals surface area contributed by atoms with Crippen LogP contribution in [0.5, 0.6) is 0 Å². The average Bonchev–Trinajstić information content (AvgIpc) is 2.85. The van der Waals surface area contributed by atoms with E-state index < -0.39 is 0 Å². The zero-order valence-corrected chi connectivity index (χ0v) is 16.0. The molecule has 2 N–H and O–H groups in total. The maximum Gasteiger partial charge on any atom is 0.223 e. The van der Waals surface area contributed by atoms with Gasteiger partial charge in [0.05, 0.1) is 12.2 Å². The highest BCUT2D eigenvalue weighted by Gasteiger charge is 2.28. The molecule has 1 amide bonds. The first-order chi connectivity index (χ1) is 11.0. The molecule has 2 aromatic rings. The number of carbonyl (C=O) groups is 1. The van der Waals surface area contributed by atoms with E-state index in [0.717, 1.165) is 34.2 Å². The number of benzene rings is 1. The highest BCUT2D eigenvalue weighted by molar-refractivity contribution is 7.12. The number of rotatable bonds is 5. The Balaban J connectivity index is 0.00000208. The third-order valence-electron chi connectivity index (χ3n) is 4.31. The number of hydrogen-bond acceptors (Lipinski definition) is 4. The SMILES string of the molecule is Cc1sc(CNC(=O)C(C)C2CNC2)nc1-c1ccc(Cl)cc1.Cl. The molecule has 1 aliphatic heterocycles. The van der Waals surface area contributed by atoms with E-state index in [2.05, 4.69) is 22.5 Å². The maximum absolute atomic E-state index is 12.2. The summed E-state index contributed by atoms with van der Waals surface area (Å²) in [7, 11) is 0. The number of halogens is 2. The fourth-order valence-corrected chi connectivity index (χ4v) is 3.63. The Labute approximate surface area is 157 Å². The summed E-state index contributed by atoms with van der Waals surface area (Å²) in [4.78, 5) is 18.0. The molecule has 2 heterocycles. The number of thiazole rings is 1. The van der Waals surface area contributed by atoms with Gasteiger partial charge in [0.1, 0.15) is 5.01 Å². The van der Waals surface area contributed by atoms with E-state index in [1.54, 1.807) is 11.3 Å². The molecule has 4 nitrogen and oxygen atoms in total. The Morgan fingerprint density at radius 1 is 1.42 bits per heavy atom. The van der Waals surface area contributed by atoms with Crippen LogP contribution in [0.4, 0.5) is 0 Å². The van der Waals surface area contributed by atoms with Crippen LogP contribution < -0.4 is 10.6 Å². The largest absolute Gasteiger partial charge is 0.349 e. The summed E-state index contributed by atoms with van der Waals surface area (Å²) >= 11 is 7.55. The van der Waals surface area contributed by atoms with Crippen molar-refractivity contribution in [3.05, 3.63) is 39.2 Å². The highest BCUT2D eigenvalue weighted by atomic mass is 35.5. The van der Waals surface area contributed by atoms with Crippen LogP contribution in [0.2, 0.25) is 5.02 Å². The van der Waals surface area contributed by atoms with Crippen LogP contribution in [-0.2, 0) is 11.3 Å². The van der Waals surface area contributed by atoms with Crippen molar-refractivity contribution in [2.75, 3.05) is 13.1 Å². The predicted octanol–water partition coefficient (Wildman–Crippen LogP) is 3.67. The maximum atomic E-state index is 12.2. The Morgan fingerprint density at radius 3 is 2.67 bits per heavy atom. The Hall–Kier alpha value is -1.14. The lowest BCUT2D eigenvalue weighted by Gasteiger charge is -2.31. The molecule has 0 spiro atoms. The van der Waals surface area contributed by atoms with Gasteiger partial charge in [-0.25, -0.2) is 4.98 Å². The van der Waals surface area contributed by atoms with E-state index in [-0.39, 0.29) is 24.2 Å². The minimum Gasteiger partial charge on any atom is -0.349 e. The smallest absolute Gasteiger partial charge is 0.223 e. The van der Waals surface area contributed by atoms with E-state index in [9.17, 15) is 4.79 Å². The molecule has 1 aromatic carbocycles. The molecule has 3 rings (SSSR count). The molecule has 1 unspecified atom stereocenters. The van der Waals surface area contributed by atoms with Gasteiger partial charge in [0, 0.05) is 21.4 Å². The molecule has 1 fully saturated rings. The van der Waals surface area contributed by atoms with E-state index in [1.807, 2.05) is 31.2 Å². The van der Waals surface area contributed by atoms with E-state index in [1.165, 1.54) is 0 Å². The molecule has 0 aliphatic carbocycles. The second-order valence-corrected chi connectivity index (χ2v) is 7.67. The number of aryl methyl sites for hydroxylation is 1. The fourth-order valence-electron chi connectivity index (χ4n) is 2.60. The first-order valence-corrected chi connectivity index (χ1v) is 8.94. The van der Waals surface area contributed by atoms with Crippen LogP contribution in [0.15, 0.2) is 24.3 Å². The first-order valence-electron chi connectivity index (χ1n) is 7.75. The van der Waals surface area contributed by atoms with E-state index in [0.29, 0.717) is 17.5 Å². The third kappa shape index (κ3) is 4.28. The summed E-state index contributed by atoms with van der Waals surface area (Å²) in [6.07, 6.45) is 0. The van der Waals surface area contributed by atoms with Crippen molar-refractivity contribution < 1.29 is 4.79 Å². The van der Waals surface area contributed by atoms with Crippen LogP contribution in [0.25, 0.3) is 11.3 Å². The first kappa shape index (κ1) is 19.2. The normalized spacial score (nSPS) is 15.3. The van der Waals surface area contributed by atoms with Crippen molar-refractivity contribution in [3.63, 3.8) is 0 Å². The summed E-state index contributed by atoms with van der Waals surface area (Å²) in [6, 6.07) is 7.67. The lowest BCUT2D eigenvalue weighted by molar-refractivity contribution is -0.126. The Morgan fingerprint density at radius 2 is 2.08 bits per heavy atom. The molecule has 1 saturated heterocycles. The zero-order chi connectivity index (χ0) is 16.4. The molecule has 0 bridgehead atoms. The van der Waals surface area contributed by atoms with Gasteiger partial charge in [-0.2, -0.15) is 0 Å². The average molecular weight is 386 g/mol. The van der Waals surface area contributed by atoms with Gasteiger partial charge in [0.2, 0.25) is 5.91 Å². The quantitative estimate of drug-likeness (QED) is 0.825. The zero-order valence-electron chi connectivity index (χ0n) is 13.6. The van der Waals surface area contributed by atoms with E-state index in [4.69, 9.17) is 11.6 Å². The van der Waals surface area contributed by atoms with Crippen molar-refractivity contribution in [2.24, 2.45) is 11.8 Å². The van der Waals surface area contributed by atoms with Crippen LogP contribution in [-0.4, -0.2) is 24.0 Å². The molecule has 24 heavy (non-hydrogen) atoms. The van der Waals surface area contributed by atoms with Gasteiger partial charge >= 0.3 is 0 Å². The topological polar surface area (TPSA) is 54.0 Å². The molecular formula is C17H21Cl2N3OS. The molecular weight excluding hydrogens is 365 g/mol. The summed E-state index contributed by atoms with van der Waals surface area (Å²) in [6.45, 7) is 6.41. The molecule has 0 radical (unpaired) electrons. The number of carbonyl (C=O) groups excluding carboxylic acids is 1. The standard InChI is InChI=1S/C17H20ClN3OS.ClH/c1-10(13-7-19-8-13)17(22)20-9-15-21-16(11(2)23-15)12-3-5-14(18)6-4-12;/h3-6,10,13,19H,7-9H2,1-2H3,(H,20,22);1H. The van der Waals surface area contributed by atoms with Crippen LogP contribution in [0.3, 0.4) is 0 Å². The van der Waals surface area contributed by atoms with Gasteiger partial charge in [-0.1, -0.05) is 30.7 Å². The number of nitrogens with one attached hydrogen (secondary N) is 2. The summed E-state index contributed by atoms with van der Waals surface area (Å²) in [5.41, 5.74) is 2.02. The monoisotopic (exact) mass is 385 g/mol. The number of aromatic nitrogens is 1. The van der Waals surface area contributed by atoms with Gasteiger partial charge < -0.3 is 10.6 Å². The van der Waals surface area contributed by atoms with Crippen molar-refractivity contribution in [1.82, 2.24) is 15.6 Å². The molecule has 1 atom stereocenters. The van der Waals surface area contributed by atoms with Gasteiger partial charge in [-0.3, -0.25) is 4.79 Å². The van der Waals surface area contributed by atoms with Crippen LogP contribution in [0.1, 0.15) is 16.8 Å². The predicted molar refractivity (Wildman–Crippen MR) is 102 cm³/mol. The minimum absolute atomic E-state index is 0. The summed E-state index contributed by atoms with van der Waals surface area (Å²) in [5, 5.41) is 7.86. The third-order valence-corrected chi connectivity index (χ3v) is 5.53. The van der Waals surface area contributed by atoms with Crippen LogP contribution in [0, 0.1) is 18.8 Å². The second kappa shape index (κ2) is 8.30. The van der Waals surface area contributed by atoms with Gasteiger partial charge in [0.15, 0.2) is 0 Å². The molecule has 7 heteroatoms. The number of hydrogen-bond donors (Lipinski definition) is 2. The fraction of sp³-hybridized carbons (Fsp3) is 0.412. The van der Waals surface area contributed by atoms with Gasteiger partial charge in [-0.05, 0) is 38.1 Å². The van der Waals surface area contributed by atoms with Crippen molar-refractivity contribution in [1.29, 1.82) is 0 Å². The van der Waals surface area contributed by atoms with Gasteiger partial charge in [0.25, 0.3) is 0 Å². The Kier molecular flexibility index (Phi) is 6.63.